The van der Waals surface area contributed by atoms with Crippen LogP contribution in [0.25, 0.3) is 0 Å². The molecule has 0 saturated carbocycles. The first kappa shape index (κ1) is 61.9. The number of carbonyl (C=O) groups excluding carboxylic acids is 1. The molecule has 1 aromatic heterocycles. The van der Waals surface area contributed by atoms with Crippen molar-refractivity contribution in [3.05, 3.63) is 207 Å². The van der Waals surface area contributed by atoms with Gasteiger partial charge in [-0.1, -0.05) is 78.9 Å². The molecule has 0 unspecified atom stereocenters. The minimum atomic E-state index is -6.13. The fourth-order valence-corrected chi connectivity index (χ4v) is 8.26. The van der Waals surface area contributed by atoms with Crippen molar-refractivity contribution in [1.82, 2.24) is 4.98 Å². The second kappa shape index (κ2) is 22.0. The van der Waals surface area contributed by atoms with Crippen LogP contribution in [0.3, 0.4) is 0 Å². The lowest BCUT2D eigenvalue weighted by molar-refractivity contribution is -0.689. The van der Waals surface area contributed by atoms with Gasteiger partial charge in [0.1, 0.15) is 11.9 Å². The monoisotopic (exact) mass is 1180 g/mol. The molecule has 0 aliphatic heterocycles. The first-order chi connectivity index (χ1) is 37.0. The fourth-order valence-electron chi connectivity index (χ4n) is 8.26. The summed E-state index contributed by atoms with van der Waals surface area (Å²) in [5.74, 6) is -0.165. The fraction of sp³-hybridized carbons (Fsp3) is 0.176. The van der Waals surface area contributed by atoms with Gasteiger partial charge in [-0.05, 0) is 48.5 Å². The topological polar surface area (TPSA) is 66.9 Å². The molecule has 0 fully saturated rings. The molecule has 7 aromatic rings. The summed E-state index contributed by atoms with van der Waals surface area (Å²) in [6.45, 7) is 0.639. The average Bonchev–Trinajstić information content (AvgIpc) is 3.12. The highest BCUT2D eigenvalue weighted by Crippen LogP contribution is 2.41. The van der Waals surface area contributed by atoms with Crippen LogP contribution in [0.4, 0.5) is 105 Å². The predicted molar refractivity (Wildman–Crippen MR) is 236 cm³/mol. The van der Waals surface area contributed by atoms with Crippen LogP contribution < -0.4 is 31.2 Å². The summed E-state index contributed by atoms with van der Waals surface area (Å²) >= 11 is 0. The third kappa shape index (κ3) is 14.8. The van der Waals surface area contributed by atoms with Gasteiger partial charge in [-0.25, -0.2) is 9.78 Å². The van der Waals surface area contributed by atoms with Gasteiger partial charge in [0.15, 0.2) is 12.7 Å². The Morgan fingerprint density at radius 3 is 1.01 bits per heavy atom. The van der Waals surface area contributed by atoms with Gasteiger partial charge < -0.3 is 4.74 Å². The molecule has 30 heteroatoms. The number of benzene rings is 6. The minimum Gasteiger partial charge on any atom is -0.422 e. The molecule has 0 saturated heterocycles. The molecule has 81 heavy (non-hydrogen) atoms. The standard InChI is InChI=1S/C32H12BF24.C19H14N3O2/c34-25(35,36)13-1-14(26(37,38)39)6-21(5-13)33(22-7-15(27(40,41)42)2-16(8-22)28(43,44)45,23-9-17(29(46,47)48)3-18(10-23)30(49,50)51)24-11-19(31(52,53)54)4-20(12-24)32(55,56)57;20-12-15-6-8-17(9-7-15)24-19(23)18-14-22(11-10-21-18)13-16-4-2-1-3-5-16/h1-12H;1-11,14H,13H2/q-1;+1. The quantitative estimate of drug-likeness (QED) is 0.0500. The van der Waals surface area contributed by atoms with Gasteiger partial charge in [0.2, 0.25) is 11.9 Å². The van der Waals surface area contributed by atoms with Gasteiger partial charge in [0.05, 0.1) is 62.3 Å². The number of alkyl halides is 24. The SMILES string of the molecule is FC(F)(F)c1cc([B-](c2cc(C(F)(F)F)cc(C(F)(F)F)c2)(c2cc(C(F)(F)F)cc(C(F)(F)F)c2)c2cc(C(F)(F)F)cc(C(F)(F)F)c2)cc(C(F)(F)F)c1.N#Cc1ccc(OC(=O)c2c[n+](Cc3ccccc3)ccn2)cc1. The van der Waals surface area contributed by atoms with Gasteiger partial charge in [0, 0.05) is 5.56 Å². The molecule has 5 nitrogen and oxygen atoms in total. The van der Waals surface area contributed by atoms with Crippen molar-refractivity contribution in [2.75, 3.05) is 0 Å². The number of nitriles is 1. The number of ether oxygens (including phenoxy) is 1. The van der Waals surface area contributed by atoms with Crippen molar-refractivity contribution in [2.45, 2.75) is 56.0 Å². The lowest BCUT2D eigenvalue weighted by Crippen LogP contribution is -2.75. The Kier molecular flexibility index (Phi) is 16.8. The number of halogens is 24. The zero-order valence-corrected chi connectivity index (χ0v) is 39.4. The molecule has 0 bridgehead atoms. The largest absolute Gasteiger partial charge is 0.422 e. The van der Waals surface area contributed by atoms with Crippen molar-refractivity contribution in [2.24, 2.45) is 0 Å². The van der Waals surface area contributed by atoms with E-state index in [-0.39, 0.29) is 5.69 Å². The third-order valence-corrected chi connectivity index (χ3v) is 11.8. The van der Waals surface area contributed by atoms with Crippen LogP contribution in [0.5, 0.6) is 5.75 Å². The van der Waals surface area contributed by atoms with E-state index < -0.39 is 201 Å². The molecular weight excluding hydrogens is 1150 g/mol. The highest BCUT2D eigenvalue weighted by molar-refractivity contribution is 7.20. The third-order valence-electron chi connectivity index (χ3n) is 11.8. The molecule has 0 radical (unpaired) electrons. The number of rotatable bonds is 8. The minimum absolute atomic E-state index is 0.220. The first-order valence-electron chi connectivity index (χ1n) is 22.0. The molecule has 0 aliphatic carbocycles. The zero-order chi connectivity index (χ0) is 60.7. The van der Waals surface area contributed by atoms with E-state index in [1.807, 2.05) is 41.0 Å². The highest BCUT2D eigenvalue weighted by atomic mass is 19.4. The van der Waals surface area contributed by atoms with Crippen LogP contribution in [0, 0.1) is 11.3 Å². The second-order valence-electron chi connectivity index (χ2n) is 17.3. The maximum absolute atomic E-state index is 14.2. The zero-order valence-electron chi connectivity index (χ0n) is 39.4. The van der Waals surface area contributed by atoms with Crippen LogP contribution in [-0.4, -0.2) is 17.1 Å². The van der Waals surface area contributed by atoms with Crippen LogP contribution in [0.2, 0.25) is 0 Å². The Balaban J connectivity index is 0.000000363. The second-order valence-corrected chi connectivity index (χ2v) is 17.3. The van der Waals surface area contributed by atoms with Crippen molar-refractivity contribution >= 4 is 34.0 Å². The summed E-state index contributed by atoms with van der Waals surface area (Å²) in [6.07, 6.45) is -49.8. The lowest BCUT2D eigenvalue weighted by atomic mass is 9.12. The molecule has 0 spiro atoms. The summed E-state index contributed by atoms with van der Waals surface area (Å²) < 4.78 is 348. The predicted octanol–water partition coefficient (Wildman–Crippen LogP) is 13.7. The number of aromatic nitrogens is 2. The van der Waals surface area contributed by atoms with E-state index in [1.165, 1.54) is 0 Å². The summed E-state index contributed by atoms with van der Waals surface area (Å²) in [7, 11) is 0. The number of hydrogen-bond donors (Lipinski definition) is 0. The summed E-state index contributed by atoms with van der Waals surface area (Å²) in [5, 5.41) is 8.77. The summed E-state index contributed by atoms with van der Waals surface area (Å²) in [5.41, 5.74) is -28.4. The molecule has 0 atom stereocenters. The smallest absolute Gasteiger partial charge is 0.416 e. The molecule has 1 heterocycles. The first-order valence-corrected chi connectivity index (χ1v) is 22.0. The van der Waals surface area contributed by atoms with Crippen molar-refractivity contribution < 1.29 is 119 Å². The maximum atomic E-state index is 14.2. The van der Waals surface area contributed by atoms with Crippen LogP contribution in [0.15, 0.2) is 146 Å². The lowest BCUT2D eigenvalue weighted by Gasteiger charge is -2.46. The number of nitrogens with zero attached hydrogens (tertiary/aromatic N) is 3. The van der Waals surface area contributed by atoms with Crippen LogP contribution in [-0.2, 0) is 56.0 Å². The average molecular weight is 1180 g/mol. The number of hydrogen-bond acceptors (Lipinski definition) is 4. The van der Waals surface area contributed by atoms with E-state index >= 15 is 0 Å². The Labute approximate surface area is 438 Å². The van der Waals surface area contributed by atoms with Crippen LogP contribution >= 0.6 is 0 Å². The Bertz CT molecular complexity index is 3020. The normalized spacial score (nSPS) is 13.0. The van der Waals surface area contributed by atoms with E-state index in [4.69, 9.17) is 10.00 Å². The molecule has 7 rings (SSSR count). The van der Waals surface area contributed by atoms with Gasteiger partial charge in [0.25, 0.3) is 0 Å². The van der Waals surface area contributed by atoms with E-state index in [2.05, 4.69) is 4.98 Å². The van der Waals surface area contributed by atoms with Crippen molar-refractivity contribution in [3.8, 4) is 11.8 Å². The maximum Gasteiger partial charge on any atom is 0.416 e. The molecule has 428 valence electrons. The molecule has 0 amide bonds. The molecular formula is C51H26BF24N3O2. The van der Waals surface area contributed by atoms with E-state index in [0.29, 0.717) is 17.9 Å². The number of esters is 1. The van der Waals surface area contributed by atoms with Crippen LogP contribution in [0.1, 0.15) is 66.1 Å². The van der Waals surface area contributed by atoms with Crippen molar-refractivity contribution in [1.29, 1.82) is 5.26 Å². The van der Waals surface area contributed by atoms with E-state index in [9.17, 15) is 110 Å². The molecule has 0 N–H and O–H groups in total. The summed E-state index contributed by atoms with van der Waals surface area (Å²) in [6, 6.07) is 9.48. The molecule has 6 aromatic carbocycles. The van der Waals surface area contributed by atoms with Crippen molar-refractivity contribution in [3.63, 3.8) is 0 Å². The number of carbonyl (C=O) groups is 1. The Hall–Kier alpha value is -8.26. The van der Waals surface area contributed by atoms with Gasteiger partial charge in [-0.2, -0.15) is 137 Å². The van der Waals surface area contributed by atoms with Gasteiger partial charge in [-0.3, -0.25) is 0 Å². The molecule has 0 aliphatic rings. The summed E-state index contributed by atoms with van der Waals surface area (Å²) in [4.78, 5) is 16.3. The highest BCUT2D eigenvalue weighted by Gasteiger charge is 2.47. The Morgan fingerprint density at radius 2 is 0.741 bits per heavy atom. The van der Waals surface area contributed by atoms with Gasteiger partial charge in [-0.15, -0.1) is 0 Å². The van der Waals surface area contributed by atoms with E-state index in [0.717, 1.165) is 5.56 Å². The van der Waals surface area contributed by atoms with Gasteiger partial charge >= 0.3 is 55.4 Å². The van der Waals surface area contributed by atoms with E-state index in [1.54, 1.807) is 42.9 Å². The Morgan fingerprint density at radius 1 is 0.444 bits per heavy atom.